The number of hydrogen-bond donors (Lipinski definition) is 2. The normalized spacial score (nSPS) is 12.5. The largest absolute Gasteiger partial charge is 0.374 e. The van der Waals surface area contributed by atoms with Crippen LogP contribution in [0.2, 0.25) is 0 Å². The van der Waals surface area contributed by atoms with Crippen LogP contribution in [0.25, 0.3) is 0 Å². The fourth-order valence-electron chi connectivity index (χ4n) is 1.44. The van der Waals surface area contributed by atoms with E-state index in [2.05, 4.69) is 5.43 Å². The van der Waals surface area contributed by atoms with Gasteiger partial charge < -0.3 is 4.74 Å². The molecular weight excluding hydrogens is 216 g/mol. The van der Waals surface area contributed by atoms with E-state index < -0.39 is 0 Å². The van der Waals surface area contributed by atoms with Gasteiger partial charge in [0.05, 0.1) is 18.6 Å². The van der Waals surface area contributed by atoms with Crippen LogP contribution in [-0.4, -0.2) is 12.0 Å². The molecule has 0 radical (unpaired) electrons. The molecule has 1 aromatic carbocycles. The molecule has 4 nitrogen and oxygen atoms in total. The number of hydrazine groups is 1. The molecule has 0 aromatic heterocycles. The van der Waals surface area contributed by atoms with Gasteiger partial charge in [0, 0.05) is 0 Å². The number of carbonyl (C=O) groups excluding carboxylic acids is 1. The maximum absolute atomic E-state index is 11.4. The topological polar surface area (TPSA) is 64.3 Å². The van der Waals surface area contributed by atoms with Crippen molar-refractivity contribution in [3.63, 3.8) is 0 Å². The van der Waals surface area contributed by atoms with Crippen molar-refractivity contribution in [3.05, 3.63) is 35.4 Å². The summed E-state index contributed by atoms with van der Waals surface area (Å²) in [6, 6.07) is 7.80. The summed E-state index contributed by atoms with van der Waals surface area (Å²) < 4.78 is 5.50. The molecule has 0 aliphatic carbocycles. The van der Waals surface area contributed by atoms with Crippen LogP contribution in [0.3, 0.4) is 0 Å². The predicted molar refractivity (Wildman–Crippen MR) is 67.1 cm³/mol. The van der Waals surface area contributed by atoms with E-state index in [1.807, 2.05) is 45.0 Å². The fraction of sp³-hybridized carbons (Fsp3) is 0.462. The molecule has 0 spiro atoms. The summed E-state index contributed by atoms with van der Waals surface area (Å²) in [6.45, 7) is 6.42. The lowest BCUT2D eigenvalue weighted by Gasteiger charge is -2.11. The molecule has 1 rings (SSSR count). The van der Waals surface area contributed by atoms with Gasteiger partial charge in [0.1, 0.15) is 0 Å². The Bertz CT molecular complexity index is 360. The Balaban J connectivity index is 2.64. The highest BCUT2D eigenvalue weighted by atomic mass is 16.5. The maximum Gasteiger partial charge on any atom is 0.241 e. The van der Waals surface area contributed by atoms with Crippen molar-refractivity contribution in [2.24, 2.45) is 5.84 Å². The summed E-state index contributed by atoms with van der Waals surface area (Å²) in [5.74, 6) is 4.68. The molecule has 1 unspecified atom stereocenters. The Morgan fingerprint density at radius 1 is 1.29 bits per heavy atom. The molecule has 1 amide bonds. The lowest BCUT2D eigenvalue weighted by Crippen LogP contribution is -2.33. The zero-order chi connectivity index (χ0) is 12.8. The quantitative estimate of drug-likeness (QED) is 0.464. The second-order valence-corrected chi connectivity index (χ2v) is 4.33. The SMILES string of the molecule is CC(C)OCc1ccc(C(C)C(=O)NN)cc1. The lowest BCUT2D eigenvalue weighted by molar-refractivity contribution is -0.122. The molecule has 4 heteroatoms. The second-order valence-electron chi connectivity index (χ2n) is 4.33. The minimum atomic E-state index is -0.236. The standard InChI is InChI=1S/C13H20N2O2/c1-9(2)17-8-11-4-6-12(7-5-11)10(3)13(16)15-14/h4-7,9-10H,8,14H2,1-3H3,(H,15,16). The Morgan fingerprint density at radius 2 is 1.88 bits per heavy atom. The molecular formula is C13H20N2O2. The van der Waals surface area contributed by atoms with Crippen molar-refractivity contribution in [2.75, 3.05) is 0 Å². The van der Waals surface area contributed by atoms with Gasteiger partial charge >= 0.3 is 0 Å². The molecule has 94 valence electrons. The molecule has 17 heavy (non-hydrogen) atoms. The minimum Gasteiger partial charge on any atom is -0.374 e. The first-order valence-corrected chi connectivity index (χ1v) is 5.75. The Labute approximate surface area is 102 Å². The average Bonchev–Trinajstić information content (AvgIpc) is 2.35. The van der Waals surface area contributed by atoms with Crippen molar-refractivity contribution >= 4 is 5.91 Å². The van der Waals surface area contributed by atoms with Gasteiger partial charge in [0.15, 0.2) is 0 Å². The van der Waals surface area contributed by atoms with Gasteiger partial charge in [-0.3, -0.25) is 10.2 Å². The van der Waals surface area contributed by atoms with E-state index >= 15 is 0 Å². The molecule has 0 saturated heterocycles. The van der Waals surface area contributed by atoms with Crippen LogP contribution in [0.5, 0.6) is 0 Å². The monoisotopic (exact) mass is 236 g/mol. The highest BCUT2D eigenvalue weighted by Crippen LogP contribution is 2.16. The minimum absolute atomic E-state index is 0.184. The van der Waals surface area contributed by atoms with Gasteiger partial charge in [0.25, 0.3) is 0 Å². The van der Waals surface area contributed by atoms with Crippen molar-refractivity contribution in [1.82, 2.24) is 5.43 Å². The number of ether oxygens (including phenoxy) is 1. The van der Waals surface area contributed by atoms with E-state index in [0.717, 1.165) is 11.1 Å². The van der Waals surface area contributed by atoms with Crippen molar-refractivity contribution in [1.29, 1.82) is 0 Å². The van der Waals surface area contributed by atoms with E-state index in [9.17, 15) is 4.79 Å². The lowest BCUT2D eigenvalue weighted by atomic mass is 9.99. The maximum atomic E-state index is 11.4. The highest BCUT2D eigenvalue weighted by molar-refractivity contribution is 5.82. The van der Waals surface area contributed by atoms with Gasteiger partial charge in [-0.1, -0.05) is 24.3 Å². The summed E-state index contributed by atoms with van der Waals surface area (Å²) in [5, 5.41) is 0. The molecule has 0 aliphatic rings. The van der Waals surface area contributed by atoms with Gasteiger partial charge in [-0.05, 0) is 31.9 Å². The van der Waals surface area contributed by atoms with E-state index in [-0.39, 0.29) is 17.9 Å². The van der Waals surface area contributed by atoms with E-state index in [0.29, 0.717) is 6.61 Å². The Morgan fingerprint density at radius 3 is 2.35 bits per heavy atom. The van der Waals surface area contributed by atoms with Crippen molar-refractivity contribution in [2.45, 2.75) is 39.4 Å². The summed E-state index contributed by atoms with van der Waals surface area (Å²) in [6.07, 6.45) is 0.219. The van der Waals surface area contributed by atoms with Gasteiger partial charge in [-0.15, -0.1) is 0 Å². The number of amides is 1. The first kappa shape index (κ1) is 13.7. The van der Waals surface area contributed by atoms with Gasteiger partial charge in [-0.2, -0.15) is 0 Å². The molecule has 0 aliphatic heterocycles. The summed E-state index contributed by atoms with van der Waals surface area (Å²) in [4.78, 5) is 11.4. The first-order chi connectivity index (χ1) is 8.04. The second kappa shape index (κ2) is 6.37. The van der Waals surface area contributed by atoms with Crippen molar-refractivity contribution < 1.29 is 9.53 Å². The summed E-state index contributed by atoms with van der Waals surface area (Å²) in [5.41, 5.74) is 4.20. The summed E-state index contributed by atoms with van der Waals surface area (Å²) in [7, 11) is 0. The van der Waals surface area contributed by atoms with Crippen LogP contribution in [0.4, 0.5) is 0 Å². The van der Waals surface area contributed by atoms with Crippen molar-refractivity contribution in [3.8, 4) is 0 Å². The number of carbonyl (C=O) groups is 1. The van der Waals surface area contributed by atoms with Crippen LogP contribution < -0.4 is 11.3 Å². The zero-order valence-corrected chi connectivity index (χ0v) is 10.6. The number of nitrogens with one attached hydrogen (secondary N) is 1. The van der Waals surface area contributed by atoms with E-state index in [1.165, 1.54) is 0 Å². The molecule has 0 saturated carbocycles. The molecule has 1 aromatic rings. The van der Waals surface area contributed by atoms with E-state index in [4.69, 9.17) is 10.6 Å². The number of nitrogens with two attached hydrogens (primary N) is 1. The Kier molecular flexibility index (Phi) is 5.12. The van der Waals surface area contributed by atoms with E-state index in [1.54, 1.807) is 0 Å². The van der Waals surface area contributed by atoms with Crippen LogP contribution in [0, 0.1) is 0 Å². The van der Waals surface area contributed by atoms with Crippen LogP contribution in [0.1, 0.15) is 37.8 Å². The Hall–Kier alpha value is -1.39. The fourth-order valence-corrected chi connectivity index (χ4v) is 1.44. The van der Waals surface area contributed by atoms with Crippen LogP contribution in [0.15, 0.2) is 24.3 Å². The zero-order valence-electron chi connectivity index (χ0n) is 10.6. The third kappa shape index (κ3) is 4.17. The van der Waals surface area contributed by atoms with Crippen LogP contribution in [-0.2, 0) is 16.1 Å². The van der Waals surface area contributed by atoms with Crippen LogP contribution >= 0.6 is 0 Å². The highest BCUT2D eigenvalue weighted by Gasteiger charge is 2.13. The number of benzene rings is 1. The molecule has 1 atom stereocenters. The van der Waals surface area contributed by atoms with Gasteiger partial charge in [-0.25, -0.2) is 5.84 Å². The molecule has 0 bridgehead atoms. The third-order valence-corrected chi connectivity index (χ3v) is 2.60. The average molecular weight is 236 g/mol. The number of rotatable bonds is 5. The molecule has 0 fully saturated rings. The molecule has 3 N–H and O–H groups in total. The smallest absolute Gasteiger partial charge is 0.241 e. The predicted octanol–water partition coefficient (Wildman–Crippen LogP) is 1.70. The number of hydrogen-bond acceptors (Lipinski definition) is 3. The summed E-state index contributed by atoms with van der Waals surface area (Å²) >= 11 is 0. The first-order valence-electron chi connectivity index (χ1n) is 5.75. The van der Waals surface area contributed by atoms with Gasteiger partial charge in [0.2, 0.25) is 5.91 Å². The third-order valence-electron chi connectivity index (χ3n) is 2.60. The molecule has 0 heterocycles.